The summed E-state index contributed by atoms with van der Waals surface area (Å²) in [6.07, 6.45) is 11.8. The molecule has 3 saturated carbocycles. The lowest BCUT2D eigenvalue weighted by Crippen LogP contribution is -2.59. The van der Waals surface area contributed by atoms with Gasteiger partial charge in [-0.1, -0.05) is 43.7 Å². The summed E-state index contributed by atoms with van der Waals surface area (Å²) < 4.78 is 0. The molecule has 0 aromatic heterocycles. The van der Waals surface area contributed by atoms with E-state index in [0.29, 0.717) is 47.7 Å². The van der Waals surface area contributed by atoms with Gasteiger partial charge in [0.15, 0.2) is 0 Å². The molecular weight excluding hydrogens is 432 g/mol. The highest BCUT2D eigenvalue weighted by molar-refractivity contribution is 6.30. The summed E-state index contributed by atoms with van der Waals surface area (Å²) >= 11 is 6.08. The van der Waals surface area contributed by atoms with Crippen molar-refractivity contribution in [1.82, 2.24) is 10.2 Å². The van der Waals surface area contributed by atoms with Gasteiger partial charge in [0.2, 0.25) is 11.8 Å². The summed E-state index contributed by atoms with van der Waals surface area (Å²) in [6.45, 7) is 5.40. The summed E-state index contributed by atoms with van der Waals surface area (Å²) in [5.74, 6) is 2.80. The van der Waals surface area contributed by atoms with Crippen LogP contribution in [0.2, 0.25) is 5.02 Å². The van der Waals surface area contributed by atoms with E-state index in [4.69, 9.17) is 11.6 Å². The zero-order chi connectivity index (χ0) is 23.4. The first-order chi connectivity index (χ1) is 15.7. The van der Waals surface area contributed by atoms with E-state index in [2.05, 4.69) is 25.2 Å². The van der Waals surface area contributed by atoms with E-state index in [-0.39, 0.29) is 22.6 Å². The van der Waals surface area contributed by atoms with Gasteiger partial charge in [-0.2, -0.15) is 0 Å². The van der Waals surface area contributed by atoms with E-state index in [1.807, 2.05) is 42.3 Å². The summed E-state index contributed by atoms with van der Waals surface area (Å²) in [6, 6.07) is 8.03. The third-order valence-electron chi connectivity index (χ3n) is 10.1. The van der Waals surface area contributed by atoms with Crippen molar-refractivity contribution in [2.24, 2.45) is 34.5 Å². The number of hydrogen-bond donors (Lipinski definition) is 1. The molecule has 178 valence electrons. The molecule has 1 aromatic carbocycles. The van der Waals surface area contributed by atoms with Gasteiger partial charge in [0, 0.05) is 36.5 Å². The van der Waals surface area contributed by atoms with Gasteiger partial charge in [-0.15, -0.1) is 0 Å². The second-order valence-corrected chi connectivity index (χ2v) is 12.0. The Morgan fingerprint density at radius 2 is 1.97 bits per heavy atom. The molecule has 0 spiro atoms. The Morgan fingerprint density at radius 3 is 2.76 bits per heavy atom. The van der Waals surface area contributed by atoms with Crippen LogP contribution in [0.4, 0.5) is 0 Å². The van der Waals surface area contributed by atoms with E-state index in [1.54, 1.807) is 0 Å². The summed E-state index contributed by atoms with van der Waals surface area (Å²) in [7, 11) is 1.98. The van der Waals surface area contributed by atoms with Gasteiger partial charge in [0.1, 0.15) is 0 Å². The van der Waals surface area contributed by atoms with Crippen molar-refractivity contribution in [1.29, 1.82) is 0 Å². The van der Waals surface area contributed by atoms with Crippen molar-refractivity contribution < 1.29 is 9.59 Å². The molecule has 0 bridgehead atoms. The molecule has 2 amide bonds. The minimum atomic E-state index is 0.0827. The molecule has 7 atom stereocenters. The Balaban J connectivity index is 1.26. The minimum absolute atomic E-state index is 0.0827. The van der Waals surface area contributed by atoms with Crippen LogP contribution in [-0.2, 0) is 16.1 Å². The van der Waals surface area contributed by atoms with Crippen molar-refractivity contribution in [3.63, 3.8) is 0 Å². The van der Waals surface area contributed by atoms with Crippen LogP contribution in [0.1, 0.15) is 64.4 Å². The van der Waals surface area contributed by atoms with Gasteiger partial charge < -0.3 is 10.2 Å². The van der Waals surface area contributed by atoms with E-state index in [0.717, 1.165) is 18.4 Å². The maximum atomic E-state index is 12.9. The molecule has 0 radical (unpaired) electrons. The van der Waals surface area contributed by atoms with Crippen molar-refractivity contribution in [3.8, 4) is 0 Å². The molecule has 33 heavy (non-hydrogen) atoms. The highest BCUT2D eigenvalue weighted by Gasteiger charge is 2.60. The van der Waals surface area contributed by atoms with Gasteiger partial charge in [-0.25, -0.2) is 0 Å². The van der Waals surface area contributed by atoms with Gasteiger partial charge in [-0.3, -0.25) is 9.59 Å². The quantitative estimate of drug-likeness (QED) is 0.625. The Bertz CT molecular complexity index is 976. The van der Waals surface area contributed by atoms with Crippen LogP contribution in [0.3, 0.4) is 0 Å². The van der Waals surface area contributed by atoms with Crippen LogP contribution < -0.4 is 5.32 Å². The normalized spacial score (nSPS) is 39.6. The molecule has 4 aliphatic rings. The van der Waals surface area contributed by atoms with Crippen molar-refractivity contribution in [2.75, 3.05) is 7.05 Å². The molecule has 1 aromatic rings. The zero-order valence-electron chi connectivity index (χ0n) is 20.1. The monoisotopic (exact) mass is 468 g/mol. The van der Waals surface area contributed by atoms with E-state index >= 15 is 0 Å². The highest BCUT2D eigenvalue weighted by Crippen LogP contribution is 2.65. The highest BCUT2D eigenvalue weighted by atomic mass is 35.5. The maximum Gasteiger partial charge on any atom is 0.246 e. The number of carbonyl (C=O) groups excluding carboxylic acids is 2. The third kappa shape index (κ3) is 3.83. The lowest BCUT2D eigenvalue weighted by molar-refractivity contribution is -0.139. The number of nitrogens with one attached hydrogen (secondary N) is 1. The number of amides is 2. The Morgan fingerprint density at radius 1 is 1.15 bits per heavy atom. The van der Waals surface area contributed by atoms with E-state index in [9.17, 15) is 9.59 Å². The van der Waals surface area contributed by atoms with Crippen LogP contribution in [0.15, 0.2) is 36.4 Å². The van der Waals surface area contributed by atoms with Gasteiger partial charge in [-0.05, 0) is 91.4 Å². The summed E-state index contributed by atoms with van der Waals surface area (Å²) in [5.41, 5.74) is 1.37. The molecule has 4 nitrogen and oxygen atoms in total. The van der Waals surface area contributed by atoms with Crippen LogP contribution in [-0.4, -0.2) is 29.8 Å². The number of halogens is 1. The van der Waals surface area contributed by atoms with E-state index in [1.165, 1.54) is 25.7 Å². The lowest BCUT2D eigenvalue weighted by atomic mass is 9.47. The van der Waals surface area contributed by atoms with Gasteiger partial charge in [0.25, 0.3) is 0 Å². The number of carbonyl (C=O) groups is 2. The van der Waals surface area contributed by atoms with Crippen LogP contribution in [0, 0.1) is 34.5 Å². The molecule has 3 aliphatic carbocycles. The first-order valence-electron chi connectivity index (χ1n) is 12.7. The molecule has 0 saturated heterocycles. The summed E-state index contributed by atoms with van der Waals surface area (Å²) in [4.78, 5) is 27.1. The largest absolute Gasteiger partial charge is 0.352 e. The number of rotatable bonds is 4. The molecule has 5 heteroatoms. The van der Waals surface area contributed by atoms with Crippen LogP contribution >= 0.6 is 11.6 Å². The first-order valence-corrected chi connectivity index (χ1v) is 13.1. The molecule has 1 heterocycles. The molecule has 5 rings (SSSR count). The molecule has 0 unspecified atom stereocenters. The Kier molecular flexibility index (Phi) is 5.87. The maximum absolute atomic E-state index is 12.9. The SMILES string of the molecule is CN1C(=O)C=C[C@]2(C)[C@H]3CC[C@]4(C)[C@@H](CC(=O)NCc5cccc(Cl)c5)CC[C@H]4[C@@H]3CC[C@@H]12. The Labute approximate surface area is 203 Å². The average Bonchev–Trinajstić information content (AvgIpc) is 3.11. The molecular formula is C28H37ClN2O2. The fraction of sp³-hybridized carbons (Fsp3) is 0.643. The Hall–Kier alpha value is -1.81. The number of hydrogen-bond acceptors (Lipinski definition) is 2. The topological polar surface area (TPSA) is 49.4 Å². The van der Waals surface area contributed by atoms with Crippen LogP contribution in [0.25, 0.3) is 0 Å². The fourth-order valence-electron chi connectivity index (χ4n) is 8.33. The van der Waals surface area contributed by atoms with E-state index < -0.39 is 0 Å². The smallest absolute Gasteiger partial charge is 0.246 e. The predicted molar refractivity (Wildman–Crippen MR) is 131 cm³/mol. The van der Waals surface area contributed by atoms with Gasteiger partial charge >= 0.3 is 0 Å². The van der Waals surface area contributed by atoms with Crippen LogP contribution in [0.5, 0.6) is 0 Å². The lowest BCUT2D eigenvalue weighted by Gasteiger charge is -2.60. The number of likely N-dealkylation sites (N-methyl/N-ethyl adjacent to an activating group) is 1. The predicted octanol–water partition coefficient (Wildman–Crippen LogP) is 5.60. The number of fused-ring (bicyclic) bond motifs is 5. The van der Waals surface area contributed by atoms with Crippen molar-refractivity contribution in [2.45, 2.75) is 71.4 Å². The minimum Gasteiger partial charge on any atom is -0.352 e. The third-order valence-corrected chi connectivity index (χ3v) is 10.4. The number of benzene rings is 1. The van der Waals surface area contributed by atoms with Gasteiger partial charge in [0.05, 0.1) is 0 Å². The molecule has 3 fully saturated rings. The number of nitrogens with zero attached hydrogens (tertiary/aromatic N) is 1. The second kappa shape index (κ2) is 8.45. The standard InChI is InChI=1S/C28H37ClN2O2/c1-27-13-11-23-21(8-10-24-28(23,2)14-12-26(33)31(24)3)22(27)9-7-19(27)16-25(32)30-17-18-5-4-6-20(29)15-18/h4-6,12,14-15,19,21-24H,7-11,13,16-17H2,1-3H3,(H,30,32)/t19-,21+,22+,23+,24-,27-,28-/m1/s1. The fourth-order valence-corrected chi connectivity index (χ4v) is 8.54. The average molecular weight is 469 g/mol. The van der Waals surface area contributed by atoms with Crippen molar-refractivity contribution in [3.05, 3.63) is 47.0 Å². The zero-order valence-corrected chi connectivity index (χ0v) is 20.9. The van der Waals surface area contributed by atoms with Crippen molar-refractivity contribution >= 4 is 23.4 Å². The molecule has 1 aliphatic heterocycles. The second-order valence-electron chi connectivity index (χ2n) is 11.5. The summed E-state index contributed by atoms with van der Waals surface area (Å²) in [5, 5.41) is 3.84. The first kappa shape index (κ1) is 23.0. The molecule has 1 N–H and O–H groups in total.